The number of nitrogens with one attached hydrogen (secondary N) is 1. The molecule has 3 amide bonds. The number of hydrogen-bond donors (Lipinski definition) is 2. The summed E-state index contributed by atoms with van der Waals surface area (Å²) in [5.41, 5.74) is 8.06. The Bertz CT molecular complexity index is 763. The molecule has 2 aromatic rings. The summed E-state index contributed by atoms with van der Waals surface area (Å²) in [5.74, 6) is -0.626. The van der Waals surface area contributed by atoms with Gasteiger partial charge < -0.3 is 16.0 Å². The van der Waals surface area contributed by atoms with Crippen molar-refractivity contribution in [3.05, 3.63) is 48.8 Å². The van der Waals surface area contributed by atoms with E-state index in [0.717, 1.165) is 29.7 Å². The number of nitrogens with zero attached hydrogens (tertiary/aromatic N) is 2. The van der Waals surface area contributed by atoms with E-state index in [9.17, 15) is 9.59 Å². The monoisotopic (exact) mass is 338 g/mol. The molecule has 2 unspecified atom stereocenters. The number of pyridine rings is 1. The van der Waals surface area contributed by atoms with Crippen molar-refractivity contribution in [2.75, 3.05) is 11.9 Å². The van der Waals surface area contributed by atoms with E-state index in [2.05, 4.69) is 10.3 Å². The molecule has 130 valence electrons. The normalized spacial score (nSPS) is 20.1. The van der Waals surface area contributed by atoms with Gasteiger partial charge in [0.1, 0.15) is 0 Å². The zero-order valence-electron chi connectivity index (χ0n) is 14.2. The number of rotatable bonds is 3. The Labute approximate surface area is 147 Å². The Morgan fingerprint density at radius 3 is 2.60 bits per heavy atom. The molecule has 0 aliphatic carbocycles. The van der Waals surface area contributed by atoms with Gasteiger partial charge >= 0.3 is 6.03 Å². The van der Waals surface area contributed by atoms with Gasteiger partial charge in [-0.2, -0.15) is 0 Å². The molecule has 1 aromatic carbocycles. The lowest BCUT2D eigenvalue weighted by Crippen LogP contribution is -2.50. The lowest BCUT2D eigenvalue weighted by Gasteiger charge is -2.36. The zero-order valence-corrected chi connectivity index (χ0v) is 14.2. The number of para-hydroxylation sites is 1. The topological polar surface area (TPSA) is 88.3 Å². The minimum Gasteiger partial charge on any atom is -0.369 e. The highest BCUT2D eigenvalue weighted by Crippen LogP contribution is 2.28. The van der Waals surface area contributed by atoms with E-state index >= 15 is 0 Å². The minimum absolute atomic E-state index is 0.0729. The third kappa shape index (κ3) is 3.79. The fraction of sp³-hybridized carbons (Fsp3) is 0.316. The first-order chi connectivity index (χ1) is 12.1. The number of carbonyl (C=O) groups is 2. The van der Waals surface area contributed by atoms with Crippen molar-refractivity contribution in [1.82, 2.24) is 9.88 Å². The first-order valence-electron chi connectivity index (χ1n) is 8.42. The molecule has 0 bridgehead atoms. The van der Waals surface area contributed by atoms with E-state index in [1.54, 1.807) is 17.3 Å². The number of amides is 3. The van der Waals surface area contributed by atoms with E-state index in [0.29, 0.717) is 6.54 Å². The third-order valence-electron chi connectivity index (χ3n) is 4.71. The van der Waals surface area contributed by atoms with Crippen LogP contribution in [0.1, 0.15) is 19.8 Å². The first kappa shape index (κ1) is 17.0. The summed E-state index contributed by atoms with van der Waals surface area (Å²) in [6.45, 7) is 2.35. The minimum atomic E-state index is -0.345. The first-order valence-corrected chi connectivity index (χ1v) is 8.42. The molecule has 25 heavy (non-hydrogen) atoms. The molecule has 3 N–H and O–H groups in total. The molecule has 0 radical (unpaired) electrons. The highest BCUT2D eigenvalue weighted by Gasteiger charge is 2.31. The van der Waals surface area contributed by atoms with Gasteiger partial charge in [0.15, 0.2) is 0 Å². The molecule has 1 aromatic heterocycles. The number of anilines is 1. The van der Waals surface area contributed by atoms with Crippen molar-refractivity contribution in [3.63, 3.8) is 0 Å². The summed E-state index contributed by atoms with van der Waals surface area (Å²) in [6.07, 6.45) is 4.94. The Kier molecular flexibility index (Phi) is 4.97. The standard InChI is InChI=1S/C19H22N4O2/c1-13-6-7-15(18(20)24)12-23(13)19(25)22-17-5-3-2-4-16(17)14-8-10-21-11-9-14/h2-5,8-11,13,15H,6-7,12H2,1H3,(H2,20,24)(H,22,25). The van der Waals surface area contributed by atoms with Crippen molar-refractivity contribution in [2.45, 2.75) is 25.8 Å². The fourth-order valence-corrected chi connectivity index (χ4v) is 3.18. The number of likely N-dealkylation sites (tertiary alicyclic amines) is 1. The highest BCUT2D eigenvalue weighted by molar-refractivity contribution is 5.95. The number of nitrogens with two attached hydrogens (primary N) is 1. The number of carbonyl (C=O) groups excluding carboxylic acids is 2. The summed E-state index contributed by atoms with van der Waals surface area (Å²) < 4.78 is 0. The van der Waals surface area contributed by atoms with Crippen LogP contribution in [0.15, 0.2) is 48.8 Å². The fourth-order valence-electron chi connectivity index (χ4n) is 3.18. The van der Waals surface area contributed by atoms with Crippen molar-refractivity contribution in [1.29, 1.82) is 0 Å². The second kappa shape index (κ2) is 7.34. The quantitative estimate of drug-likeness (QED) is 0.902. The largest absolute Gasteiger partial charge is 0.369 e. The Morgan fingerprint density at radius 1 is 1.16 bits per heavy atom. The van der Waals surface area contributed by atoms with Crippen molar-refractivity contribution in [2.24, 2.45) is 11.7 Å². The number of hydrogen-bond acceptors (Lipinski definition) is 3. The van der Waals surface area contributed by atoms with Crippen LogP contribution >= 0.6 is 0 Å². The van der Waals surface area contributed by atoms with E-state index < -0.39 is 0 Å². The van der Waals surface area contributed by atoms with Crippen molar-refractivity contribution in [3.8, 4) is 11.1 Å². The summed E-state index contributed by atoms with van der Waals surface area (Å²) >= 11 is 0. The average Bonchev–Trinajstić information content (AvgIpc) is 2.63. The van der Waals surface area contributed by atoms with Crippen LogP contribution in [0.4, 0.5) is 10.5 Å². The van der Waals surface area contributed by atoms with Gasteiger partial charge in [-0.05, 0) is 43.5 Å². The molecule has 6 nitrogen and oxygen atoms in total. The molecule has 1 aliphatic rings. The molecular weight excluding hydrogens is 316 g/mol. The Morgan fingerprint density at radius 2 is 1.88 bits per heavy atom. The maximum absolute atomic E-state index is 12.8. The summed E-state index contributed by atoms with van der Waals surface area (Å²) in [4.78, 5) is 30.0. The predicted molar refractivity (Wildman–Crippen MR) is 96.8 cm³/mol. The van der Waals surface area contributed by atoms with Crippen LogP contribution in [-0.4, -0.2) is 34.4 Å². The van der Waals surface area contributed by atoms with Crippen LogP contribution in [0.2, 0.25) is 0 Å². The number of primary amides is 1. The van der Waals surface area contributed by atoms with E-state index in [1.165, 1.54) is 0 Å². The molecule has 0 spiro atoms. The van der Waals surface area contributed by atoms with E-state index in [4.69, 9.17) is 5.73 Å². The number of aromatic nitrogens is 1. The van der Waals surface area contributed by atoms with Gasteiger partial charge in [0.2, 0.25) is 5.91 Å². The molecular formula is C19H22N4O2. The Balaban J connectivity index is 1.80. The number of piperidine rings is 1. The average molecular weight is 338 g/mol. The van der Waals surface area contributed by atoms with Gasteiger partial charge in [0.05, 0.1) is 11.6 Å². The molecule has 1 fully saturated rings. The predicted octanol–water partition coefficient (Wildman–Crippen LogP) is 2.87. The second-order valence-electron chi connectivity index (χ2n) is 6.39. The second-order valence-corrected chi connectivity index (χ2v) is 6.39. The molecule has 0 saturated carbocycles. The van der Waals surface area contributed by atoms with Crippen LogP contribution < -0.4 is 11.1 Å². The maximum atomic E-state index is 12.8. The maximum Gasteiger partial charge on any atom is 0.322 e. The van der Waals surface area contributed by atoms with Gasteiger partial charge in [-0.3, -0.25) is 9.78 Å². The van der Waals surface area contributed by atoms with E-state index in [-0.39, 0.29) is 23.9 Å². The summed E-state index contributed by atoms with van der Waals surface area (Å²) in [5, 5.41) is 2.98. The molecule has 2 atom stereocenters. The van der Waals surface area contributed by atoms with Crippen molar-refractivity contribution >= 4 is 17.6 Å². The van der Waals surface area contributed by atoms with Crippen LogP contribution in [-0.2, 0) is 4.79 Å². The van der Waals surface area contributed by atoms with Crippen LogP contribution in [0, 0.1) is 5.92 Å². The number of benzene rings is 1. The lowest BCUT2D eigenvalue weighted by molar-refractivity contribution is -0.123. The van der Waals surface area contributed by atoms with Gasteiger partial charge in [-0.25, -0.2) is 4.79 Å². The van der Waals surface area contributed by atoms with Gasteiger partial charge in [-0.1, -0.05) is 18.2 Å². The highest BCUT2D eigenvalue weighted by atomic mass is 16.2. The SMILES string of the molecule is CC1CCC(C(N)=O)CN1C(=O)Nc1ccccc1-c1ccncc1. The van der Waals surface area contributed by atoms with Crippen LogP contribution in [0.25, 0.3) is 11.1 Å². The number of urea groups is 1. The van der Waals surface area contributed by atoms with Crippen LogP contribution in [0.3, 0.4) is 0 Å². The zero-order chi connectivity index (χ0) is 17.8. The smallest absolute Gasteiger partial charge is 0.322 e. The third-order valence-corrected chi connectivity index (χ3v) is 4.71. The van der Waals surface area contributed by atoms with Gasteiger partial charge in [0, 0.05) is 30.5 Å². The summed E-state index contributed by atoms with van der Waals surface area (Å²) in [6, 6.07) is 11.3. The van der Waals surface area contributed by atoms with Gasteiger partial charge in [-0.15, -0.1) is 0 Å². The molecule has 1 aliphatic heterocycles. The molecule has 6 heteroatoms. The molecule has 2 heterocycles. The van der Waals surface area contributed by atoms with Gasteiger partial charge in [0.25, 0.3) is 0 Å². The Hall–Kier alpha value is -2.89. The van der Waals surface area contributed by atoms with Crippen LogP contribution in [0.5, 0.6) is 0 Å². The summed E-state index contributed by atoms with van der Waals surface area (Å²) in [7, 11) is 0. The molecule has 3 rings (SSSR count). The lowest BCUT2D eigenvalue weighted by atomic mass is 9.93. The molecule has 1 saturated heterocycles. The van der Waals surface area contributed by atoms with E-state index in [1.807, 2.05) is 43.3 Å². The van der Waals surface area contributed by atoms with Crippen molar-refractivity contribution < 1.29 is 9.59 Å².